The van der Waals surface area contributed by atoms with Crippen molar-refractivity contribution in [2.45, 2.75) is 54.9 Å². The highest BCUT2D eigenvalue weighted by atomic mass is 16.5. The van der Waals surface area contributed by atoms with E-state index in [1.54, 1.807) is 0 Å². The number of esters is 1. The normalized spacial score (nSPS) is 14.9. The summed E-state index contributed by atoms with van der Waals surface area (Å²) in [7, 11) is 0. The summed E-state index contributed by atoms with van der Waals surface area (Å²) in [5, 5.41) is 0. The van der Waals surface area contributed by atoms with Crippen LogP contribution in [0, 0.1) is 16.7 Å². The zero-order valence-electron chi connectivity index (χ0n) is 11.3. The van der Waals surface area contributed by atoms with Gasteiger partial charge in [0.1, 0.15) is 0 Å². The van der Waals surface area contributed by atoms with Crippen molar-refractivity contribution < 1.29 is 9.53 Å². The third-order valence-electron chi connectivity index (χ3n) is 3.58. The van der Waals surface area contributed by atoms with Gasteiger partial charge in [0.15, 0.2) is 0 Å². The fraction of sp³-hybridized carbons (Fsp3) is 0.923. The van der Waals surface area contributed by atoms with E-state index in [9.17, 15) is 4.79 Å². The third kappa shape index (κ3) is 3.84. The Bertz CT molecular complexity index is 211. The monoisotopic (exact) mass is 214 g/mol. The van der Waals surface area contributed by atoms with E-state index in [4.69, 9.17) is 4.74 Å². The highest BCUT2D eigenvalue weighted by molar-refractivity contribution is 5.76. The van der Waals surface area contributed by atoms with Crippen LogP contribution in [-0.2, 0) is 9.53 Å². The number of rotatable bonds is 4. The Hall–Kier alpha value is -0.530. The van der Waals surface area contributed by atoms with Gasteiger partial charge >= 0.3 is 5.97 Å². The molecule has 0 aliphatic rings. The lowest BCUT2D eigenvalue weighted by Gasteiger charge is -2.36. The molecule has 2 heteroatoms. The number of carbonyl (C=O) groups is 1. The molecule has 0 amide bonds. The SMILES string of the molecule is CCC(C)COC(=O)C(C)(C)C(C)(C)C. The molecule has 1 atom stereocenters. The van der Waals surface area contributed by atoms with Crippen molar-refractivity contribution in [3.05, 3.63) is 0 Å². The molecule has 0 radical (unpaired) electrons. The van der Waals surface area contributed by atoms with Crippen LogP contribution in [0.15, 0.2) is 0 Å². The summed E-state index contributed by atoms with van der Waals surface area (Å²) in [4.78, 5) is 11.9. The van der Waals surface area contributed by atoms with Gasteiger partial charge in [-0.3, -0.25) is 4.79 Å². The molecule has 0 heterocycles. The summed E-state index contributed by atoms with van der Waals surface area (Å²) >= 11 is 0. The van der Waals surface area contributed by atoms with Gasteiger partial charge in [-0.2, -0.15) is 0 Å². The number of carbonyl (C=O) groups excluding carboxylic acids is 1. The van der Waals surface area contributed by atoms with Crippen molar-refractivity contribution in [2.75, 3.05) is 6.61 Å². The minimum absolute atomic E-state index is 0.0699. The molecule has 0 saturated heterocycles. The summed E-state index contributed by atoms with van der Waals surface area (Å²) in [5.74, 6) is 0.361. The molecule has 15 heavy (non-hydrogen) atoms. The average molecular weight is 214 g/mol. The molecular formula is C13H26O2. The van der Waals surface area contributed by atoms with Crippen LogP contribution in [0.25, 0.3) is 0 Å². The lowest BCUT2D eigenvalue weighted by molar-refractivity contribution is -0.161. The molecule has 1 unspecified atom stereocenters. The van der Waals surface area contributed by atoms with Gasteiger partial charge < -0.3 is 4.74 Å². The highest BCUT2D eigenvalue weighted by Gasteiger charge is 2.41. The van der Waals surface area contributed by atoms with Gasteiger partial charge in [0.2, 0.25) is 0 Å². The van der Waals surface area contributed by atoms with E-state index >= 15 is 0 Å². The molecule has 0 saturated carbocycles. The molecule has 0 N–H and O–H groups in total. The van der Waals surface area contributed by atoms with Crippen LogP contribution in [0.4, 0.5) is 0 Å². The fourth-order valence-corrected chi connectivity index (χ4v) is 0.822. The summed E-state index contributed by atoms with van der Waals surface area (Å²) in [5.41, 5.74) is -0.500. The standard InChI is InChI=1S/C13H26O2/c1-8-10(2)9-15-11(14)13(6,7)12(3,4)5/h10H,8-9H2,1-7H3. The van der Waals surface area contributed by atoms with E-state index in [1.807, 2.05) is 13.8 Å². The van der Waals surface area contributed by atoms with E-state index in [0.717, 1.165) is 6.42 Å². The minimum Gasteiger partial charge on any atom is -0.465 e. The first-order chi connectivity index (χ1) is 6.63. The first kappa shape index (κ1) is 14.5. The van der Waals surface area contributed by atoms with Gasteiger partial charge in [-0.05, 0) is 25.2 Å². The maximum Gasteiger partial charge on any atom is 0.312 e. The third-order valence-corrected chi connectivity index (χ3v) is 3.58. The van der Waals surface area contributed by atoms with Gasteiger partial charge in [-0.15, -0.1) is 0 Å². The Balaban J connectivity index is 4.33. The molecule has 90 valence electrons. The van der Waals surface area contributed by atoms with Crippen molar-refractivity contribution in [1.82, 2.24) is 0 Å². The Labute approximate surface area is 94.4 Å². The Kier molecular flexibility index (Phi) is 4.82. The van der Waals surface area contributed by atoms with Crippen molar-refractivity contribution in [1.29, 1.82) is 0 Å². The molecule has 0 aliphatic carbocycles. The Morgan fingerprint density at radius 3 is 2.00 bits per heavy atom. The van der Waals surface area contributed by atoms with E-state index < -0.39 is 5.41 Å². The maximum absolute atomic E-state index is 11.9. The van der Waals surface area contributed by atoms with Crippen molar-refractivity contribution in [3.8, 4) is 0 Å². The lowest BCUT2D eigenvalue weighted by atomic mass is 9.69. The second-order valence-corrected chi connectivity index (χ2v) is 5.99. The Morgan fingerprint density at radius 1 is 1.20 bits per heavy atom. The highest BCUT2D eigenvalue weighted by Crippen LogP contribution is 2.38. The second kappa shape index (κ2) is 5.00. The molecule has 0 rings (SSSR count). The zero-order chi connectivity index (χ0) is 12.3. The van der Waals surface area contributed by atoms with E-state index in [0.29, 0.717) is 12.5 Å². The molecule has 2 nitrogen and oxygen atoms in total. The van der Waals surface area contributed by atoms with Crippen LogP contribution < -0.4 is 0 Å². The van der Waals surface area contributed by atoms with Crippen molar-refractivity contribution in [3.63, 3.8) is 0 Å². The lowest BCUT2D eigenvalue weighted by Crippen LogP contribution is -2.39. The van der Waals surface area contributed by atoms with Crippen molar-refractivity contribution in [2.24, 2.45) is 16.7 Å². The van der Waals surface area contributed by atoms with Crippen LogP contribution in [0.3, 0.4) is 0 Å². The van der Waals surface area contributed by atoms with Gasteiger partial charge in [-0.25, -0.2) is 0 Å². The average Bonchev–Trinajstić information content (AvgIpc) is 2.11. The van der Waals surface area contributed by atoms with Gasteiger partial charge in [0, 0.05) is 0 Å². The molecule has 0 aliphatic heterocycles. The summed E-state index contributed by atoms with van der Waals surface area (Å²) in [6.45, 7) is 14.8. The molecule has 0 bridgehead atoms. The molecule has 0 fully saturated rings. The summed E-state index contributed by atoms with van der Waals surface area (Å²) < 4.78 is 5.35. The van der Waals surface area contributed by atoms with Crippen LogP contribution in [0.5, 0.6) is 0 Å². The van der Waals surface area contributed by atoms with Gasteiger partial charge in [0.05, 0.1) is 12.0 Å². The topological polar surface area (TPSA) is 26.3 Å². The van der Waals surface area contributed by atoms with Gasteiger partial charge in [-0.1, -0.05) is 41.0 Å². The number of hydrogen-bond acceptors (Lipinski definition) is 2. The van der Waals surface area contributed by atoms with Crippen LogP contribution in [0.2, 0.25) is 0 Å². The van der Waals surface area contributed by atoms with Crippen LogP contribution in [0.1, 0.15) is 54.9 Å². The predicted octanol–water partition coefficient (Wildman–Crippen LogP) is 3.65. The molecule has 0 aromatic carbocycles. The summed E-state index contributed by atoms with van der Waals surface area (Å²) in [6.07, 6.45) is 1.04. The molecule has 0 aromatic heterocycles. The molecule has 0 spiro atoms. The van der Waals surface area contributed by atoms with Crippen LogP contribution in [-0.4, -0.2) is 12.6 Å². The fourth-order valence-electron chi connectivity index (χ4n) is 0.822. The summed E-state index contributed by atoms with van der Waals surface area (Å²) in [6, 6.07) is 0. The smallest absolute Gasteiger partial charge is 0.312 e. The van der Waals surface area contributed by atoms with Gasteiger partial charge in [0.25, 0.3) is 0 Å². The largest absolute Gasteiger partial charge is 0.465 e. The number of ether oxygens (including phenoxy) is 1. The molecular weight excluding hydrogens is 188 g/mol. The zero-order valence-corrected chi connectivity index (χ0v) is 11.3. The number of hydrogen-bond donors (Lipinski definition) is 0. The van der Waals surface area contributed by atoms with E-state index in [1.165, 1.54) is 0 Å². The minimum atomic E-state index is -0.430. The second-order valence-electron chi connectivity index (χ2n) is 5.99. The van der Waals surface area contributed by atoms with E-state index in [-0.39, 0.29) is 11.4 Å². The first-order valence-corrected chi connectivity index (χ1v) is 5.80. The molecule has 0 aromatic rings. The van der Waals surface area contributed by atoms with Crippen molar-refractivity contribution >= 4 is 5.97 Å². The maximum atomic E-state index is 11.9. The quantitative estimate of drug-likeness (QED) is 0.668. The Morgan fingerprint density at radius 2 is 1.67 bits per heavy atom. The van der Waals surface area contributed by atoms with Crippen LogP contribution >= 0.6 is 0 Å². The first-order valence-electron chi connectivity index (χ1n) is 5.80. The predicted molar refractivity (Wildman–Crippen MR) is 63.7 cm³/mol. The van der Waals surface area contributed by atoms with E-state index in [2.05, 4.69) is 34.6 Å².